The molecule has 5 nitrogen and oxygen atoms in total. The van der Waals surface area contributed by atoms with Crippen LogP contribution in [0.25, 0.3) is 0 Å². The van der Waals surface area contributed by atoms with Gasteiger partial charge in [0, 0.05) is 49.4 Å². The summed E-state index contributed by atoms with van der Waals surface area (Å²) >= 11 is 0. The first-order valence-corrected chi connectivity index (χ1v) is 12.5. The first kappa shape index (κ1) is 23.9. The number of unbranched alkanes of at least 4 members (excludes halogenated alkanes) is 1. The third-order valence-corrected chi connectivity index (χ3v) is 6.65. The highest BCUT2D eigenvalue weighted by molar-refractivity contribution is 5.94. The predicted molar refractivity (Wildman–Crippen MR) is 139 cm³/mol. The molecule has 3 aromatic rings. The molecular formula is C29H36N4O. The van der Waals surface area contributed by atoms with Crippen molar-refractivity contribution in [3.63, 3.8) is 0 Å². The number of carbonyl (C=O) groups is 1. The molecule has 0 bridgehead atoms. The van der Waals surface area contributed by atoms with Gasteiger partial charge in [-0.1, -0.05) is 55.3 Å². The second-order valence-electron chi connectivity index (χ2n) is 9.40. The summed E-state index contributed by atoms with van der Waals surface area (Å²) in [6.45, 7) is 11.3. The van der Waals surface area contributed by atoms with Crippen LogP contribution in [-0.2, 0) is 12.8 Å². The molecule has 34 heavy (non-hydrogen) atoms. The van der Waals surface area contributed by atoms with Gasteiger partial charge in [-0.2, -0.15) is 0 Å². The SMILES string of the molecule is CCCCc1ccc(C(=O)N2CCN(c3nc(C)nc(C)c3Cc3cccc(C)c3)CC2)cc1. The maximum Gasteiger partial charge on any atom is 0.253 e. The number of anilines is 1. The van der Waals surface area contributed by atoms with Crippen LogP contribution in [0.2, 0.25) is 0 Å². The summed E-state index contributed by atoms with van der Waals surface area (Å²) in [4.78, 5) is 26.9. The van der Waals surface area contributed by atoms with E-state index < -0.39 is 0 Å². The van der Waals surface area contributed by atoms with Crippen LogP contribution in [-0.4, -0.2) is 47.0 Å². The van der Waals surface area contributed by atoms with Crippen molar-refractivity contribution < 1.29 is 4.79 Å². The van der Waals surface area contributed by atoms with E-state index in [1.807, 2.05) is 24.0 Å². The molecule has 0 aliphatic carbocycles. The molecule has 0 spiro atoms. The molecule has 0 atom stereocenters. The molecule has 5 heteroatoms. The van der Waals surface area contributed by atoms with E-state index in [4.69, 9.17) is 4.98 Å². The molecule has 0 saturated carbocycles. The van der Waals surface area contributed by atoms with Gasteiger partial charge in [-0.25, -0.2) is 9.97 Å². The maximum absolute atomic E-state index is 13.1. The smallest absolute Gasteiger partial charge is 0.253 e. The highest BCUT2D eigenvalue weighted by atomic mass is 16.2. The van der Waals surface area contributed by atoms with Crippen LogP contribution in [0.5, 0.6) is 0 Å². The zero-order valence-electron chi connectivity index (χ0n) is 21.0. The van der Waals surface area contributed by atoms with Crippen LogP contribution in [0.4, 0.5) is 5.82 Å². The van der Waals surface area contributed by atoms with E-state index in [1.165, 1.54) is 35.1 Å². The van der Waals surface area contributed by atoms with E-state index in [1.54, 1.807) is 0 Å². The van der Waals surface area contributed by atoms with Crippen molar-refractivity contribution in [3.8, 4) is 0 Å². The van der Waals surface area contributed by atoms with Crippen LogP contribution >= 0.6 is 0 Å². The summed E-state index contributed by atoms with van der Waals surface area (Å²) in [6, 6.07) is 16.8. The van der Waals surface area contributed by atoms with E-state index in [0.717, 1.165) is 48.8 Å². The van der Waals surface area contributed by atoms with Gasteiger partial charge in [-0.05, 0) is 56.9 Å². The minimum atomic E-state index is 0.122. The van der Waals surface area contributed by atoms with Crippen LogP contribution in [0.15, 0.2) is 48.5 Å². The molecule has 1 amide bonds. The van der Waals surface area contributed by atoms with Gasteiger partial charge in [0.2, 0.25) is 0 Å². The molecule has 1 saturated heterocycles. The third-order valence-electron chi connectivity index (χ3n) is 6.65. The first-order valence-electron chi connectivity index (χ1n) is 12.5. The van der Waals surface area contributed by atoms with Crippen LogP contribution in [0, 0.1) is 20.8 Å². The number of benzene rings is 2. The van der Waals surface area contributed by atoms with Crippen molar-refractivity contribution in [1.82, 2.24) is 14.9 Å². The lowest BCUT2D eigenvalue weighted by Gasteiger charge is -2.36. The standard InChI is InChI=1S/C29H36N4O/c1-5-6-9-24-11-13-26(14-12-24)29(34)33-17-15-32(16-18-33)28-27(22(3)30-23(4)31-28)20-25-10-7-8-21(2)19-25/h7-8,10-14,19H,5-6,9,15-18,20H2,1-4H3. The van der Waals surface area contributed by atoms with Gasteiger partial charge in [0.25, 0.3) is 5.91 Å². The first-order chi connectivity index (χ1) is 16.4. The van der Waals surface area contributed by atoms with Crippen LogP contribution in [0.3, 0.4) is 0 Å². The molecule has 2 heterocycles. The van der Waals surface area contributed by atoms with Crippen molar-refractivity contribution in [2.45, 2.75) is 53.4 Å². The van der Waals surface area contributed by atoms with Crippen molar-refractivity contribution >= 4 is 11.7 Å². The second kappa shape index (κ2) is 10.8. The Morgan fingerprint density at radius 3 is 2.32 bits per heavy atom. The number of aryl methyl sites for hydroxylation is 4. The molecule has 4 rings (SSSR count). The lowest BCUT2D eigenvalue weighted by Crippen LogP contribution is -2.49. The summed E-state index contributed by atoms with van der Waals surface area (Å²) in [6.07, 6.45) is 4.26. The third kappa shape index (κ3) is 5.64. The van der Waals surface area contributed by atoms with E-state index >= 15 is 0 Å². The van der Waals surface area contributed by atoms with Gasteiger partial charge in [0.15, 0.2) is 0 Å². The van der Waals surface area contributed by atoms with E-state index in [0.29, 0.717) is 13.1 Å². The Labute approximate surface area is 203 Å². The molecule has 0 radical (unpaired) electrons. The Morgan fingerprint density at radius 2 is 1.65 bits per heavy atom. The lowest BCUT2D eigenvalue weighted by molar-refractivity contribution is 0.0746. The van der Waals surface area contributed by atoms with Crippen LogP contribution < -0.4 is 4.90 Å². The van der Waals surface area contributed by atoms with E-state index in [-0.39, 0.29) is 5.91 Å². The van der Waals surface area contributed by atoms with Crippen molar-refractivity contribution in [3.05, 3.63) is 87.9 Å². The number of amides is 1. The predicted octanol–water partition coefficient (Wildman–Crippen LogP) is 5.30. The summed E-state index contributed by atoms with van der Waals surface area (Å²) in [5, 5.41) is 0. The molecule has 178 valence electrons. The Hall–Kier alpha value is -3.21. The number of carbonyl (C=O) groups excluding carboxylic acids is 1. The Bertz CT molecular complexity index is 1130. The van der Waals surface area contributed by atoms with E-state index in [9.17, 15) is 4.79 Å². The van der Waals surface area contributed by atoms with Gasteiger partial charge in [-0.3, -0.25) is 4.79 Å². The normalized spacial score (nSPS) is 13.9. The topological polar surface area (TPSA) is 49.3 Å². The quantitative estimate of drug-likeness (QED) is 0.484. The number of aromatic nitrogens is 2. The average Bonchev–Trinajstić information content (AvgIpc) is 2.84. The van der Waals surface area contributed by atoms with Gasteiger partial charge >= 0.3 is 0 Å². The zero-order valence-corrected chi connectivity index (χ0v) is 21.0. The summed E-state index contributed by atoms with van der Waals surface area (Å²) < 4.78 is 0. The Balaban J connectivity index is 1.46. The van der Waals surface area contributed by atoms with Crippen molar-refractivity contribution in [1.29, 1.82) is 0 Å². The lowest BCUT2D eigenvalue weighted by atomic mass is 10.0. The second-order valence-corrected chi connectivity index (χ2v) is 9.40. The van der Waals surface area contributed by atoms with Crippen LogP contribution in [0.1, 0.15) is 63.9 Å². The van der Waals surface area contributed by atoms with E-state index in [2.05, 4.69) is 67.1 Å². The number of rotatable bonds is 7. The van der Waals surface area contributed by atoms with Gasteiger partial charge in [-0.15, -0.1) is 0 Å². The number of hydrogen-bond acceptors (Lipinski definition) is 4. The maximum atomic E-state index is 13.1. The molecule has 0 unspecified atom stereocenters. The largest absolute Gasteiger partial charge is 0.353 e. The van der Waals surface area contributed by atoms with Crippen molar-refractivity contribution in [2.75, 3.05) is 31.1 Å². The molecular weight excluding hydrogens is 420 g/mol. The zero-order chi connectivity index (χ0) is 24.1. The molecule has 1 aromatic heterocycles. The highest BCUT2D eigenvalue weighted by Crippen LogP contribution is 2.26. The molecule has 1 aliphatic rings. The fraction of sp³-hybridized carbons (Fsp3) is 0.414. The minimum absolute atomic E-state index is 0.122. The number of nitrogens with zero attached hydrogens (tertiary/aromatic N) is 4. The Kier molecular flexibility index (Phi) is 7.61. The Morgan fingerprint density at radius 1 is 0.912 bits per heavy atom. The highest BCUT2D eigenvalue weighted by Gasteiger charge is 2.25. The molecule has 1 fully saturated rings. The molecule has 1 aliphatic heterocycles. The summed E-state index contributed by atoms with van der Waals surface area (Å²) in [5.74, 6) is 1.93. The minimum Gasteiger partial charge on any atom is -0.353 e. The van der Waals surface area contributed by atoms with Gasteiger partial charge in [0.05, 0.1) is 0 Å². The number of piperazine rings is 1. The van der Waals surface area contributed by atoms with Gasteiger partial charge < -0.3 is 9.80 Å². The average molecular weight is 457 g/mol. The molecule has 0 N–H and O–H groups in total. The monoisotopic (exact) mass is 456 g/mol. The fourth-order valence-corrected chi connectivity index (χ4v) is 4.71. The van der Waals surface area contributed by atoms with Gasteiger partial charge in [0.1, 0.15) is 11.6 Å². The molecule has 2 aromatic carbocycles. The fourth-order valence-electron chi connectivity index (χ4n) is 4.71. The summed E-state index contributed by atoms with van der Waals surface area (Å²) in [5.41, 5.74) is 6.83. The number of hydrogen-bond donors (Lipinski definition) is 0. The van der Waals surface area contributed by atoms with Crippen molar-refractivity contribution in [2.24, 2.45) is 0 Å². The summed E-state index contributed by atoms with van der Waals surface area (Å²) in [7, 11) is 0.